The average Bonchev–Trinajstić information content (AvgIpc) is 2.91. The normalized spacial score (nSPS) is 10.4. The molecule has 0 aliphatic rings. The van der Waals surface area contributed by atoms with Gasteiger partial charge >= 0.3 is 5.97 Å². The summed E-state index contributed by atoms with van der Waals surface area (Å²) in [6.45, 7) is 5.01. The predicted molar refractivity (Wildman–Crippen MR) is 82.8 cm³/mol. The number of rotatable bonds is 7. The molecule has 0 aliphatic carbocycles. The van der Waals surface area contributed by atoms with Gasteiger partial charge in [-0.3, -0.25) is 0 Å². The van der Waals surface area contributed by atoms with E-state index >= 15 is 0 Å². The lowest BCUT2D eigenvalue weighted by Gasteiger charge is -2.10. The van der Waals surface area contributed by atoms with Crippen molar-refractivity contribution in [3.63, 3.8) is 0 Å². The highest BCUT2D eigenvalue weighted by Crippen LogP contribution is 2.25. The van der Waals surface area contributed by atoms with Gasteiger partial charge in [-0.25, -0.2) is 4.79 Å². The molecule has 1 aromatic carbocycles. The lowest BCUT2D eigenvalue weighted by Crippen LogP contribution is -2.07. The van der Waals surface area contributed by atoms with Crippen molar-refractivity contribution in [2.75, 3.05) is 13.2 Å². The molecule has 112 valence electrons. The van der Waals surface area contributed by atoms with Crippen LogP contribution in [0.1, 0.15) is 27.2 Å². The summed E-state index contributed by atoms with van der Waals surface area (Å²) < 4.78 is 11.2. The molecule has 0 saturated heterocycles. The van der Waals surface area contributed by atoms with Gasteiger partial charge in [-0.2, -0.15) is 0 Å². The third-order valence-electron chi connectivity index (χ3n) is 2.97. The Morgan fingerprint density at radius 1 is 1.14 bits per heavy atom. The summed E-state index contributed by atoms with van der Waals surface area (Å²) in [5, 5.41) is 10.7. The van der Waals surface area contributed by atoms with Crippen molar-refractivity contribution >= 4 is 17.3 Å². The van der Waals surface area contributed by atoms with E-state index in [1.165, 1.54) is 11.3 Å². The Morgan fingerprint density at radius 3 is 2.57 bits per heavy atom. The van der Waals surface area contributed by atoms with Crippen LogP contribution in [0.25, 0.3) is 0 Å². The summed E-state index contributed by atoms with van der Waals surface area (Å²) in [4.78, 5) is 11.2. The number of hydrogen-bond acceptors (Lipinski definition) is 4. The van der Waals surface area contributed by atoms with Crippen LogP contribution in [-0.2, 0) is 0 Å². The lowest BCUT2D eigenvalue weighted by molar-refractivity contribution is 0.0698. The van der Waals surface area contributed by atoms with Crippen LogP contribution < -0.4 is 9.47 Å². The van der Waals surface area contributed by atoms with Crippen LogP contribution in [0.2, 0.25) is 0 Å². The first-order chi connectivity index (χ1) is 10.1. The number of aromatic carboxylic acids is 1. The largest absolute Gasteiger partial charge is 0.493 e. The second kappa shape index (κ2) is 7.13. The number of thiophene rings is 1. The molecule has 0 unspecified atom stereocenters. The fraction of sp³-hybridized carbons (Fsp3) is 0.312. The zero-order valence-electron chi connectivity index (χ0n) is 12.1. The second-order valence-electron chi connectivity index (χ2n) is 4.74. The van der Waals surface area contributed by atoms with Crippen molar-refractivity contribution < 1.29 is 19.4 Å². The molecular formula is C16H18O4S. The zero-order valence-corrected chi connectivity index (χ0v) is 12.9. The molecule has 1 N–H and O–H groups in total. The van der Waals surface area contributed by atoms with Gasteiger partial charge in [-0.15, -0.1) is 11.3 Å². The van der Waals surface area contributed by atoms with Crippen LogP contribution in [0.5, 0.6) is 11.5 Å². The van der Waals surface area contributed by atoms with E-state index in [1.54, 1.807) is 11.4 Å². The van der Waals surface area contributed by atoms with Crippen molar-refractivity contribution in [3.05, 3.63) is 45.6 Å². The number of ether oxygens (including phenoxy) is 2. The van der Waals surface area contributed by atoms with Gasteiger partial charge in [0.25, 0.3) is 0 Å². The van der Waals surface area contributed by atoms with E-state index < -0.39 is 5.97 Å². The molecule has 2 aromatic rings. The number of benzene rings is 1. The van der Waals surface area contributed by atoms with Crippen LogP contribution >= 0.6 is 11.3 Å². The highest BCUT2D eigenvalue weighted by Gasteiger charge is 2.12. The molecule has 21 heavy (non-hydrogen) atoms. The van der Waals surface area contributed by atoms with Gasteiger partial charge < -0.3 is 14.6 Å². The Bertz CT molecular complexity index is 618. The van der Waals surface area contributed by atoms with Crippen LogP contribution in [0.3, 0.4) is 0 Å². The number of carbonyl (C=O) groups is 1. The Labute approximate surface area is 128 Å². The third-order valence-corrected chi connectivity index (χ3v) is 3.85. The first-order valence-electron chi connectivity index (χ1n) is 6.71. The molecule has 2 rings (SSSR count). The maximum Gasteiger partial charge on any atom is 0.349 e. The van der Waals surface area contributed by atoms with E-state index in [0.717, 1.165) is 16.9 Å². The van der Waals surface area contributed by atoms with Crippen LogP contribution in [0.15, 0.2) is 29.6 Å². The molecule has 5 heteroatoms. The van der Waals surface area contributed by atoms with Crippen LogP contribution in [0, 0.1) is 13.8 Å². The highest BCUT2D eigenvalue weighted by molar-refractivity contribution is 7.12. The van der Waals surface area contributed by atoms with E-state index in [0.29, 0.717) is 25.4 Å². The van der Waals surface area contributed by atoms with Gasteiger partial charge in [0.05, 0.1) is 13.2 Å². The average molecular weight is 306 g/mol. The Hall–Kier alpha value is -2.01. The minimum absolute atomic E-state index is 0.241. The van der Waals surface area contributed by atoms with Crippen LogP contribution in [-0.4, -0.2) is 24.3 Å². The van der Waals surface area contributed by atoms with E-state index in [1.807, 2.05) is 26.0 Å². The maximum absolute atomic E-state index is 10.9. The molecule has 0 atom stereocenters. The molecule has 0 aliphatic heterocycles. The molecule has 0 bridgehead atoms. The number of carboxylic acid groups (broad SMARTS) is 1. The van der Waals surface area contributed by atoms with E-state index in [2.05, 4.69) is 6.07 Å². The monoisotopic (exact) mass is 306 g/mol. The van der Waals surface area contributed by atoms with Crippen molar-refractivity contribution in [2.24, 2.45) is 0 Å². The molecular weight excluding hydrogens is 288 g/mol. The Kier molecular flexibility index (Phi) is 5.22. The Morgan fingerprint density at radius 2 is 1.86 bits per heavy atom. The third kappa shape index (κ3) is 4.23. The van der Waals surface area contributed by atoms with Crippen molar-refractivity contribution in [3.8, 4) is 11.5 Å². The summed E-state index contributed by atoms with van der Waals surface area (Å²) >= 11 is 1.17. The topological polar surface area (TPSA) is 55.8 Å². The summed E-state index contributed by atoms with van der Waals surface area (Å²) in [6, 6.07) is 7.78. The molecule has 1 aromatic heterocycles. The number of carboxylic acids is 1. The van der Waals surface area contributed by atoms with Gasteiger partial charge in [-0.1, -0.05) is 12.1 Å². The molecule has 4 nitrogen and oxygen atoms in total. The molecule has 0 spiro atoms. The number of aryl methyl sites for hydroxylation is 2. The lowest BCUT2D eigenvalue weighted by atomic mass is 10.1. The minimum atomic E-state index is -0.952. The van der Waals surface area contributed by atoms with Gasteiger partial charge in [0.2, 0.25) is 0 Å². The fourth-order valence-electron chi connectivity index (χ4n) is 1.85. The van der Waals surface area contributed by atoms with Crippen LogP contribution in [0.4, 0.5) is 0 Å². The number of hydrogen-bond donors (Lipinski definition) is 1. The quantitative estimate of drug-likeness (QED) is 0.788. The van der Waals surface area contributed by atoms with Crippen molar-refractivity contribution in [2.45, 2.75) is 20.3 Å². The SMILES string of the molecule is Cc1ccc(C)c(OCCCOc2ccsc2C(=O)O)c1. The second-order valence-corrected chi connectivity index (χ2v) is 5.65. The van der Waals surface area contributed by atoms with E-state index in [9.17, 15) is 4.79 Å². The van der Waals surface area contributed by atoms with E-state index in [-0.39, 0.29) is 4.88 Å². The Balaban J connectivity index is 1.76. The maximum atomic E-state index is 10.9. The molecule has 0 amide bonds. The smallest absolute Gasteiger partial charge is 0.349 e. The van der Waals surface area contributed by atoms with Gasteiger partial charge in [0.1, 0.15) is 11.5 Å². The summed E-state index contributed by atoms with van der Waals surface area (Å²) in [5.41, 5.74) is 2.27. The predicted octanol–water partition coefficient (Wildman–Crippen LogP) is 3.91. The first-order valence-corrected chi connectivity index (χ1v) is 7.59. The molecule has 0 saturated carbocycles. The van der Waals surface area contributed by atoms with E-state index in [4.69, 9.17) is 14.6 Å². The van der Waals surface area contributed by atoms with Crippen molar-refractivity contribution in [1.82, 2.24) is 0 Å². The minimum Gasteiger partial charge on any atom is -0.493 e. The van der Waals surface area contributed by atoms with Gasteiger partial charge in [0, 0.05) is 6.42 Å². The summed E-state index contributed by atoms with van der Waals surface area (Å²) in [5.74, 6) is 0.364. The van der Waals surface area contributed by atoms with Crippen molar-refractivity contribution in [1.29, 1.82) is 0 Å². The summed E-state index contributed by atoms with van der Waals surface area (Å²) in [6.07, 6.45) is 0.697. The van der Waals surface area contributed by atoms with Gasteiger partial charge in [-0.05, 0) is 42.5 Å². The standard InChI is InChI=1S/C16H18O4S/c1-11-4-5-12(2)14(10-11)20-8-3-7-19-13-6-9-21-15(13)16(17)18/h4-6,9-10H,3,7-8H2,1-2H3,(H,17,18). The molecule has 0 radical (unpaired) electrons. The highest BCUT2D eigenvalue weighted by atomic mass is 32.1. The zero-order chi connectivity index (χ0) is 15.2. The summed E-state index contributed by atoms with van der Waals surface area (Å²) in [7, 11) is 0. The molecule has 1 heterocycles. The first kappa shape index (κ1) is 15.4. The fourth-order valence-corrected chi connectivity index (χ4v) is 2.52. The van der Waals surface area contributed by atoms with Gasteiger partial charge in [0.15, 0.2) is 4.88 Å². The molecule has 0 fully saturated rings.